The number of nitro benzene ring substituents is 1. The van der Waals surface area contributed by atoms with E-state index in [2.05, 4.69) is 9.97 Å². The fraction of sp³-hybridized carbons (Fsp3) is 0.241. The van der Waals surface area contributed by atoms with Gasteiger partial charge in [-0.15, -0.1) is 11.3 Å². The molecule has 44 heavy (non-hydrogen) atoms. The van der Waals surface area contributed by atoms with Crippen molar-refractivity contribution in [2.45, 2.75) is 32.6 Å². The van der Waals surface area contributed by atoms with Gasteiger partial charge < -0.3 is 20.5 Å². The van der Waals surface area contributed by atoms with Crippen molar-refractivity contribution in [3.63, 3.8) is 0 Å². The second-order valence-electron chi connectivity index (χ2n) is 10.5. The number of pyridine rings is 1. The fourth-order valence-corrected chi connectivity index (χ4v) is 7.01. The number of primary amides is 1. The number of non-ortho nitro benzene ring substituents is 1. The van der Waals surface area contributed by atoms with Crippen molar-refractivity contribution in [2.24, 2.45) is 17.6 Å². The number of ether oxygens (including phenoxy) is 1. The van der Waals surface area contributed by atoms with Crippen LogP contribution in [0.1, 0.15) is 51.0 Å². The van der Waals surface area contributed by atoms with Crippen molar-refractivity contribution in [1.82, 2.24) is 19.3 Å². The number of aliphatic hydroxyl groups is 1. The second kappa shape index (κ2) is 10.8. The molecule has 5 heterocycles. The van der Waals surface area contributed by atoms with Crippen LogP contribution in [0.4, 0.5) is 5.69 Å². The summed E-state index contributed by atoms with van der Waals surface area (Å²) in [5.41, 5.74) is 6.60. The lowest BCUT2D eigenvalue weighted by molar-refractivity contribution is -0.384. The Balaban J connectivity index is 1.43. The molecule has 0 spiro atoms. The average molecular weight is 617 g/mol. The molecule has 2 amide bonds. The molecule has 0 unspecified atom stereocenters. The summed E-state index contributed by atoms with van der Waals surface area (Å²) < 4.78 is 6.96. The largest absolute Gasteiger partial charge is 0.456 e. The van der Waals surface area contributed by atoms with Gasteiger partial charge in [0, 0.05) is 47.8 Å². The Hall–Kier alpha value is -5.28. The number of carbonyl (C=O) groups is 4. The number of nitro groups is 1. The van der Waals surface area contributed by atoms with E-state index in [9.17, 15) is 34.4 Å². The van der Waals surface area contributed by atoms with Gasteiger partial charge in [-0.2, -0.15) is 0 Å². The number of ketones is 1. The van der Waals surface area contributed by atoms with Crippen LogP contribution in [0.25, 0.3) is 10.4 Å². The minimum atomic E-state index is -0.976. The number of β-lactam (4-membered cyclic amide) rings is 1. The second-order valence-corrected chi connectivity index (χ2v) is 11.5. The van der Waals surface area contributed by atoms with E-state index in [4.69, 9.17) is 10.5 Å². The highest BCUT2D eigenvalue weighted by Gasteiger charge is 2.60. The van der Waals surface area contributed by atoms with E-state index in [0.29, 0.717) is 20.8 Å². The number of hydrogen-bond donors (Lipinski definition) is 2. The standard InChI is InChI=1S/C29H24N6O8S/c1-13-19(18-11-33-26(25(30)38)32-21(28(33)44-18)24(37)16-4-3-9-31-10-16)23(34-22(13)20(14(2)36)27(34)39)29(40)43-12-15-5-7-17(8-6-15)35(41)42/h3-11,13-14,20,22,36H,12H2,1-2H3,(H2,30,38)/t13-,14+,20+,22+/m0/s1. The lowest BCUT2D eigenvalue weighted by Crippen LogP contribution is -2.63. The van der Waals surface area contributed by atoms with Gasteiger partial charge in [-0.1, -0.05) is 6.92 Å². The van der Waals surface area contributed by atoms with Crippen LogP contribution in [0.2, 0.25) is 0 Å². The highest BCUT2D eigenvalue weighted by molar-refractivity contribution is 7.18. The Bertz CT molecular complexity index is 1900. The topological polar surface area (TPSA) is 200 Å². The van der Waals surface area contributed by atoms with Gasteiger partial charge in [-0.25, -0.2) is 9.78 Å². The number of imidazole rings is 1. The highest BCUT2D eigenvalue weighted by Crippen LogP contribution is 2.52. The van der Waals surface area contributed by atoms with Crippen LogP contribution < -0.4 is 5.73 Å². The smallest absolute Gasteiger partial charge is 0.355 e. The number of nitrogens with zero attached hydrogens (tertiary/aromatic N) is 5. The summed E-state index contributed by atoms with van der Waals surface area (Å²) in [6, 6.07) is 8.11. The Morgan fingerprint density at radius 2 is 1.95 bits per heavy atom. The number of thiazole rings is 1. The van der Waals surface area contributed by atoms with Gasteiger partial charge in [-0.3, -0.25) is 33.9 Å². The number of aliphatic hydroxyl groups excluding tert-OH is 1. The molecule has 14 nitrogen and oxygen atoms in total. The molecule has 224 valence electrons. The van der Waals surface area contributed by atoms with E-state index in [0.717, 1.165) is 11.3 Å². The first-order chi connectivity index (χ1) is 21.0. The SMILES string of the molecule is C[C@@H](O)[C@H]1C(=O)N2C(C(=O)OCc3ccc([N+](=O)[O-])cc3)=C(c3cn4c(C(N)=O)nc(C(=O)c5cccnc5)c4s3)[C@H](C)[C@H]12. The van der Waals surface area contributed by atoms with Gasteiger partial charge in [0.15, 0.2) is 0 Å². The maximum absolute atomic E-state index is 13.6. The lowest BCUT2D eigenvalue weighted by Gasteiger charge is -2.46. The number of nitrogens with two attached hydrogens (primary N) is 1. The number of amides is 2. The van der Waals surface area contributed by atoms with Crippen molar-refractivity contribution in [2.75, 3.05) is 0 Å². The van der Waals surface area contributed by atoms with E-state index < -0.39 is 52.5 Å². The molecule has 2 aliphatic heterocycles. The molecule has 1 fully saturated rings. The van der Waals surface area contributed by atoms with Crippen LogP contribution in [0.15, 0.2) is 60.7 Å². The van der Waals surface area contributed by atoms with Gasteiger partial charge in [0.05, 0.1) is 27.9 Å². The van der Waals surface area contributed by atoms with Crippen LogP contribution in [0, 0.1) is 22.0 Å². The zero-order chi connectivity index (χ0) is 31.4. The fourth-order valence-electron chi connectivity index (χ4n) is 5.78. The lowest BCUT2D eigenvalue weighted by atomic mass is 9.77. The number of hydrogen-bond acceptors (Lipinski definition) is 11. The summed E-state index contributed by atoms with van der Waals surface area (Å²) in [5, 5.41) is 21.3. The normalized spacial score (nSPS) is 19.9. The van der Waals surface area contributed by atoms with Crippen molar-refractivity contribution in [1.29, 1.82) is 0 Å². The molecule has 0 aliphatic carbocycles. The van der Waals surface area contributed by atoms with Crippen molar-refractivity contribution >= 4 is 51.0 Å². The number of esters is 1. The summed E-state index contributed by atoms with van der Waals surface area (Å²) in [6.07, 6.45) is 3.45. The molecule has 6 rings (SSSR count). The Morgan fingerprint density at radius 1 is 1.23 bits per heavy atom. The highest BCUT2D eigenvalue weighted by atomic mass is 32.1. The Labute approximate surface area is 252 Å². The number of aromatic nitrogens is 3. The van der Waals surface area contributed by atoms with Crippen molar-refractivity contribution in [3.8, 4) is 0 Å². The maximum atomic E-state index is 13.6. The predicted octanol–water partition coefficient (Wildman–Crippen LogP) is 2.34. The molecule has 3 N–H and O–H groups in total. The minimum Gasteiger partial charge on any atom is -0.456 e. The summed E-state index contributed by atoms with van der Waals surface area (Å²) in [5.74, 6) is -4.01. The number of carbonyl (C=O) groups excluding carboxylic acids is 4. The number of benzene rings is 1. The molecule has 4 atom stereocenters. The van der Waals surface area contributed by atoms with E-state index in [1.165, 1.54) is 59.1 Å². The van der Waals surface area contributed by atoms with E-state index in [1.54, 1.807) is 12.1 Å². The van der Waals surface area contributed by atoms with E-state index in [-0.39, 0.29) is 35.1 Å². The molecular formula is C29H24N6O8S. The Kier molecular flexibility index (Phi) is 7.05. The number of fused-ring (bicyclic) bond motifs is 2. The summed E-state index contributed by atoms with van der Waals surface area (Å²) in [4.78, 5) is 73.2. The van der Waals surface area contributed by atoms with Crippen LogP contribution in [-0.4, -0.2) is 65.0 Å². The van der Waals surface area contributed by atoms with E-state index in [1.807, 2.05) is 6.92 Å². The first-order valence-electron chi connectivity index (χ1n) is 13.4. The Morgan fingerprint density at radius 3 is 2.57 bits per heavy atom. The zero-order valence-electron chi connectivity index (χ0n) is 23.2. The quantitative estimate of drug-likeness (QED) is 0.0924. The first kappa shape index (κ1) is 28.8. The molecule has 2 aliphatic rings. The van der Waals surface area contributed by atoms with Gasteiger partial charge in [0.25, 0.3) is 11.6 Å². The zero-order valence-corrected chi connectivity index (χ0v) is 24.1. The summed E-state index contributed by atoms with van der Waals surface area (Å²) in [7, 11) is 0. The minimum absolute atomic E-state index is 0.0236. The van der Waals surface area contributed by atoms with Gasteiger partial charge in [0.1, 0.15) is 22.8 Å². The van der Waals surface area contributed by atoms with Crippen LogP contribution in [0.5, 0.6) is 0 Å². The molecule has 0 saturated carbocycles. The number of rotatable bonds is 9. The predicted molar refractivity (Wildman–Crippen MR) is 154 cm³/mol. The molecule has 0 radical (unpaired) electrons. The summed E-state index contributed by atoms with van der Waals surface area (Å²) in [6.45, 7) is 3.10. The van der Waals surface area contributed by atoms with Gasteiger partial charge in [0.2, 0.25) is 17.5 Å². The third-order valence-electron chi connectivity index (χ3n) is 7.83. The van der Waals surface area contributed by atoms with Gasteiger partial charge in [-0.05, 0) is 36.8 Å². The average Bonchev–Trinajstić information content (AvgIpc) is 3.64. The molecule has 0 bridgehead atoms. The molecular weight excluding hydrogens is 592 g/mol. The molecule has 1 aromatic carbocycles. The van der Waals surface area contributed by atoms with Crippen LogP contribution >= 0.6 is 11.3 Å². The molecule has 15 heteroatoms. The van der Waals surface area contributed by atoms with Crippen LogP contribution in [-0.2, 0) is 20.9 Å². The molecule has 3 aromatic heterocycles. The van der Waals surface area contributed by atoms with Gasteiger partial charge >= 0.3 is 5.97 Å². The third kappa shape index (κ3) is 4.53. The monoisotopic (exact) mass is 616 g/mol. The maximum Gasteiger partial charge on any atom is 0.355 e. The van der Waals surface area contributed by atoms with Crippen molar-refractivity contribution < 1.29 is 33.9 Å². The van der Waals surface area contributed by atoms with E-state index >= 15 is 0 Å². The molecule has 4 aromatic rings. The van der Waals surface area contributed by atoms with Crippen molar-refractivity contribution in [3.05, 3.63) is 98.3 Å². The molecule has 1 saturated heterocycles. The third-order valence-corrected chi connectivity index (χ3v) is 8.96. The van der Waals surface area contributed by atoms with Crippen LogP contribution in [0.3, 0.4) is 0 Å². The summed E-state index contributed by atoms with van der Waals surface area (Å²) >= 11 is 1.09. The first-order valence-corrected chi connectivity index (χ1v) is 14.2.